The topological polar surface area (TPSA) is 3.24 Å². The Bertz CT molecular complexity index is 165. The molecule has 12 heavy (non-hydrogen) atoms. The molecule has 0 bridgehead atoms. The fourth-order valence-corrected chi connectivity index (χ4v) is 1.78. The van der Waals surface area contributed by atoms with E-state index in [1.165, 1.54) is 25.9 Å². The molecule has 0 aromatic rings. The minimum Gasteiger partial charge on any atom is -0.329 e. The minimum absolute atomic E-state index is 1.16. The highest BCUT2D eigenvalue weighted by molar-refractivity contribution is 4.79. The lowest BCUT2D eigenvalue weighted by molar-refractivity contribution is -0.879. The Morgan fingerprint density at radius 3 is 2.58 bits per heavy atom. The van der Waals surface area contributed by atoms with Crippen molar-refractivity contribution in [2.24, 2.45) is 0 Å². The van der Waals surface area contributed by atoms with Crippen LogP contribution in [0, 0.1) is 0 Å². The molecule has 1 atom stereocenters. The van der Waals surface area contributed by atoms with E-state index >= 15 is 0 Å². The Morgan fingerprint density at radius 2 is 2.17 bits per heavy atom. The molecule has 2 heteroatoms. The summed E-state index contributed by atoms with van der Waals surface area (Å²) < 4.78 is 1.16. The first-order chi connectivity index (χ1) is 5.72. The van der Waals surface area contributed by atoms with Crippen LogP contribution in [0.25, 0.3) is 0 Å². The van der Waals surface area contributed by atoms with Crippen molar-refractivity contribution in [1.29, 1.82) is 0 Å². The van der Waals surface area contributed by atoms with Crippen LogP contribution in [0.4, 0.5) is 0 Å². The van der Waals surface area contributed by atoms with E-state index in [-0.39, 0.29) is 0 Å². The van der Waals surface area contributed by atoms with Gasteiger partial charge in [0.25, 0.3) is 0 Å². The summed E-state index contributed by atoms with van der Waals surface area (Å²) in [5.74, 6) is 0. The van der Waals surface area contributed by atoms with Gasteiger partial charge in [-0.1, -0.05) is 13.3 Å². The second-order valence-corrected chi connectivity index (χ2v) is 3.81. The molecule has 0 fully saturated rings. The van der Waals surface area contributed by atoms with Gasteiger partial charge in [0, 0.05) is 7.05 Å². The zero-order chi connectivity index (χ0) is 9.03. The van der Waals surface area contributed by atoms with Gasteiger partial charge in [-0.25, -0.2) is 0 Å². The molecule has 1 aliphatic rings. The molecular weight excluding hydrogens is 148 g/mol. The number of hydrogen-bond donors (Lipinski definition) is 0. The van der Waals surface area contributed by atoms with Crippen molar-refractivity contribution in [3.8, 4) is 0 Å². The van der Waals surface area contributed by atoms with Crippen LogP contribution < -0.4 is 0 Å². The Kier molecular flexibility index (Phi) is 3.15. The fraction of sp³-hybridized carbons (Fsp3) is 0.800. The normalized spacial score (nSPS) is 28.4. The predicted molar refractivity (Wildman–Crippen MR) is 52.3 cm³/mol. The molecule has 70 valence electrons. The van der Waals surface area contributed by atoms with Crippen molar-refractivity contribution in [3.63, 3.8) is 0 Å². The first-order valence-electron chi connectivity index (χ1n) is 4.98. The Labute approximate surface area is 76.1 Å². The van der Waals surface area contributed by atoms with E-state index < -0.39 is 0 Å². The zero-order valence-corrected chi connectivity index (χ0v) is 8.58. The molecule has 0 aliphatic carbocycles. The van der Waals surface area contributed by atoms with Crippen LogP contribution in [0.2, 0.25) is 0 Å². The van der Waals surface area contributed by atoms with Crippen molar-refractivity contribution in [2.75, 3.05) is 26.8 Å². The number of unbranched alkanes of at least 4 members (excludes halogenated alkanes) is 1. The summed E-state index contributed by atoms with van der Waals surface area (Å²) in [5.41, 5.74) is 0. The van der Waals surface area contributed by atoms with Gasteiger partial charge in [-0.05, 0) is 13.3 Å². The van der Waals surface area contributed by atoms with E-state index in [0.717, 1.165) is 11.2 Å². The van der Waals surface area contributed by atoms with Gasteiger partial charge in [0.15, 0.2) is 6.67 Å². The van der Waals surface area contributed by atoms with Crippen LogP contribution in [-0.4, -0.2) is 36.2 Å². The van der Waals surface area contributed by atoms with Gasteiger partial charge in [-0.15, -0.1) is 0 Å². The molecule has 1 unspecified atom stereocenters. The molecule has 0 aromatic heterocycles. The van der Waals surface area contributed by atoms with E-state index in [9.17, 15) is 0 Å². The average Bonchev–Trinajstić information content (AvgIpc) is 2.45. The van der Waals surface area contributed by atoms with Crippen LogP contribution in [0.5, 0.6) is 0 Å². The Morgan fingerprint density at radius 1 is 1.42 bits per heavy atom. The number of rotatable bonds is 4. The van der Waals surface area contributed by atoms with E-state index in [2.05, 4.69) is 38.2 Å². The third kappa shape index (κ3) is 2.01. The highest BCUT2D eigenvalue weighted by atomic mass is 15.5. The Hall–Kier alpha value is -0.500. The van der Waals surface area contributed by atoms with Crippen molar-refractivity contribution in [1.82, 2.24) is 4.90 Å². The van der Waals surface area contributed by atoms with Gasteiger partial charge in [0.2, 0.25) is 0 Å². The smallest absolute Gasteiger partial charge is 0.158 e. The highest BCUT2D eigenvalue weighted by Crippen LogP contribution is 2.17. The van der Waals surface area contributed by atoms with Crippen molar-refractivity contribution in [3.05, 3.63) is 12.4 Å². The van der Waals surface area contributed by atoms with E-state index in [1.807, 2.05) is 0 Å². The fourth-order valence-electron chi connectivity index (χ4n) is 1.78. The van der Waals surface area contributed by atoms with E-state index in [0.29, 0.717) is 0 Å². The zero-order valence-electron chi connectivity index (χ0n) is 8.58. The summed E-state index contributed by atoms with van der Waals surface area (Å²) in [6.45, 7) is 8.22. The summed E-state index contributed by atoms with van der Waals surface area (Å²) in [6, 6.07) is 0. The van der Waals surface area contributed by atoms with Crippen molar-refractivity contribution >= 4 is 0 Å². The maximum absolute atomic E-state index is 2.34. The third-order valence-electron chi connectivity index (χ3n) is 2.73. The quantitative estimate of drug-likeness (QED) is 0.582. The minimum atomic E-state index is 1.16. The maximum Gasteiger partial charge on any atom is 0.158 e. The SMILES string of the molecule is CCCC[N+]1(CC)C=CN(C)C1. The summed E-state index contributed by atoms with van der Waals surface area (Å²) >= 11 is 0. The first-order valence-corrected chi connectivity index (χ1v) is 4.98. The second kappa shape index (κ2) is 3.94. The molecule has 0 radical (unpaired) electrons. The van der Waals surface area contributed by atoms with Gasteiger partial charge >= 0.3 is 0 Å². The lowest BCUT2D eigenvalue weighted by Gasteiger charge is -2.31. The van der Waals surface area contributed by atoms with Gasteiger partial charge in [0.1, 0.15) is 6.20 Å². The molecule has 0 saturated carbocycles. The van der Waals surface area contributed by atoms with Crippen molar-refractivity contribution < 1.29 is 4.48 Å². The van der Waals surface area contributed by atoms with Gasteiger partial charge < -0.3 is 4.90 Å². The third-order valence-corrected chi connectivity index (χ3v) is 2.73. The van der Waals surface area contributed by atoms with Crippen LogP contribution in [0.3, 0.4) is 0 Å². The molecule has 1 rings (SSSR count). The van der Waals surface area contributed by atoms with Gasteiger partial charge in [0.05, 0.1) is 19.3 Å². The molecule has 0 N–H and O–H groups in total. The highest BCUT2D eigenvalue weighted by Gasteiger charge is 2.27. The summed E-state index contributed by atoms with van der Waals surface area (Å²) in [6.07, 6.45) is 7.19. The largest absolute Gasteiger partial charge is 0.329 e. The lowest BCUT2D eigenvalue weighted by Crippen LogP contribution is -2.44. The molecule has 0 saturated heterocycles. The second-order valence-electron chi connectivity index (χ2n) is 3.81. The molecule has 1 aliphatic heterocycles. The molecule has 0 amide bonds. The van der Waals surface area contributed by atoms with E-state index in [4.69, 9.17) is 0 Å². The molecular formula is C10H21N2+. The Balaban J connectivity index is 2.47. The number of hydrogen-bond acceptors (Lipinski definition) is 1. The molecule has 1 heterocycles. The van der Waals surface area contributed by atoms with Gasteiger partial charge in [-0.2, -0.15) is 0 Å². The summed E-state index contributed by atoms with van der Waals surface area (Å²) in [5, 5.41) is 0. The predicted octanol–water partition coefficient (Wildman–Crippen LogP) is 2.00. The first kappa shape index (κ1) is 9.59. The number of nitrogens with zero attached hydrogens (tertiary/aromatic N) is 2. The molecule has 2 nitrogen and oxygen atoms in total. The summed E-state index contributed by atoms with van der Waals surface area (Å²) in [7, 11) is 2.15. The molecule has 0 spiro atoms. The van der Waals surface area contributed by atoms with E-state index in [1.54, 1.807) is 0 Å². The summed E-state index contributed by atoms with van der Waals surface area (Å²) in [4.78, 5) is 2.28. The monoisotopic (exact) mass is 169 g/mol. The van der Waals surface area contributed by atoms with Crippen LogP contribution >= 0.6 is 0 Å². The maximum atomic E-state index is 2.34. The number of quaternary nitrogens is 1. The van der Waals surface area contributed by atoms with Crippen LogP contribution in [0.15, 0.2) is 12.4 Å². The van der Waals surface area contributed by atoms with Crippen LogP contribution in [-0.2, 0) is 0 Å². The average molecular weight is 169 g/mol. The standard InChI is InChI=1S/C10H21N2/c1-4-6-8-12(5-2)9-7-11(3)10-12/h7,9H,4-6,8,10H2,1-3H3/q+1. The molecule has 0 aromatic carbocycles. The van der Waals surface area contributed by atoms with Crippen molar-refractivity contribution in [2.45, 2.75) is 26.7 Å². The lowest BCUT2D eigenvalue weighted by atomic mass is 10.3. The van der Waals surface area contributed by atoms with Gasteiger partial charge in [-0.3, -0.25) is 4.48 Å². The van der Waals surface area contributed by atoms with Crippen LogP contribution in [0.1, 0.15) is 26.7 Å².